The van der Waals surface area contributed by atoms with E-state index in [2.05, 4.69) is 33.9 Å². The number of esters is 2. The van der Waals surface area contributed by atoms with Crippen LogP contribution < -0.4 is 4.43 Å². The predicted octanol–water partition coefficient (Wildman–Crippen LogP) is 8.76. The molecule has 0 aliphatic carbocycles. The van der Waals surface area contributed by atoms with Crippen LogP contribution >= 0.6 is 0 Å². The average molecular weight is 764 g/mol. The Hall–Kier alpha value is -4.68. The summed E-state index contributed by atoms with van der Waals surface area (Å²) in [6.45, 7) is 19.6. The molecule has 3 aromatic rings. The molecule has 2 amide bonds. The Kier molecular flexibility index (Phi) is 14.3. The maximum Gasteiger partial charge on any atom is 0.420 e. The van der Waals surface area contributed by atoms with Gasteiger partial charge < -0.3 is 28.5 Å². The zero-order valence-corrected chi connectivity index (χ0v) is 34.6. The van der Waals surface area contributed by atoms with Crippen molar-refractivity contribution in [3.05, 3.63) is 102 Å². The quantitative estimate of drug-likeness (QED) is 0.102. The Labute approximate surface area is 321 Å². The lowest BCUT2D eigenvalue weighted by molar-refractivity contribution is -0.172. The number of hydrogen-bond donors (Lipinski definition) is 1. The van der Waals surface area contributed by atoms with Crippen molar-refractivity contribution >= 4 is 32.4 Å². The molecule has 1 unspecified atom stereocenters. The minimum Gasteiger partial charge on any atom is -0.543 e. The molecule has 0 saturated carbocycles. The molecule has 294 valence electrons. The monoisotopic (exact) mass is 763 g/mol. The summed E-state index contributed by atoms with van der Waals surface area (Å²) in [5.74, 6) is -1.74. The summed E-state index contributed by atoms with van der Waals surface area (Å²) in [7, 11) is -2.43. The molecule has 0 aliphatic rings. The first-order chi connectivity index (χ1) is 24.9. The third kappa shape index (κ3) is 13.0. The van der Waals surface area contributed by atoms with Crippen molar-refractivity contribution in [1.82, 2.24) is 4.90 Å². The molecule has 11 nitrogen and oxygen atoms in total. The van der Waals surface area contributed by atoms with Crippen LogP contribution in [0.25, 0.3) is 0 Å². The van der Waals surface area contributed by atoms with Crippen molar-refractivity contribution in [3.8, 4) is 5.75 Å². The third-order valence-corrected chi connectivity index (χ3v) is 13.1. The molecule has 54 heavy (non-hydrogen) atoms. The van der Waals surface area contributed by atoms with E-state index >= 15 is 0 Å². The Bertz CT molecular complexity index is 1700. The first-order valence-electron chi connectivity index (χ1n) is 18.1. The molecule has 0 saturated heterocycles. The minimum absolute atomic E-state index is 0.181. The number of aliphatic hydroxyl groups is 1. The molecular formula is C42H57NO10Si. The summed E-state index contributed by atoms with van der Waals surface area (Å²) >= 11 is 0. The van der Waals surface area contributed by atoms with Crippen LogP contribution in [0.5, 0.6) is 5.75 Å². The van der Waals surface area contributed by atoms with Gasteiger partial charge >= 0.3 is 24.1 Å². The summed E-state index contributed by atoms with van der Waals surface area (Å²) in [5.41, 5.74) is -3.03. The fourth-order valence-corrected chi connectivity index (χ4v) is 6.01. The normalized spacial score (nSPS) is 13.9. The highest BCUT2D eigenvalue weighted by molar-refractivity contribution is 6.74. The fourth-order valence-electron chi connectivity index (χ4n) is 4.95. The first kappa shape index (κ1) is 43.7. The van der Waals surface area contributed by atoms with Gasteiger partial charge in [-0.1, -0.05) is 99.6 Å². The summed E-state index contributed by atoms with van der Waals surface area (Å²) in [6.07, 6.45) is -3.72. The van der Waals surface area contributed by atoms with Gasteiger partial charge in [-0.3, -0.25) is 0 Å². The van der Waals surface area contributed by atoms with Gasteiger partial charge in [0, 0.05) is 12.8 Å². The molecular weight excluding hydrogens is 707 g/mol. The van der Waals surface area contributed by atoms with Gasteiger partial charge in [-0.05, 0) is 82.4 Å². The smallest absolute Gasteiger partial charge is 0.420 e. The number of carbonyl (C=O) groups excluding carboxylic acids is 4. The average Bonchev–Trinajstić information content (AvgIpc) is 3.05. The zero-order valence-electron chi connectivity index (χ0n) is 33.6. The Morgan fingerprint density at radius 1 is 0.667 bits per heavy atom. The van der Waals surface area contributed by atoms with Crippen LogP contribution in [0.1, 0.15) is 85.4 Å². The Balaban J connectivity index is 2.20. The molecule has 0 radical (unpaired) electrons. The zero-order chi connectivity index (χ0) is 40.5. The second-order valence-electron chi connectivity index (χ2n) is 16.9. The van der Waals surface area contributed by atoms with Crippen molar-refractivity contribution in [3.63, 3.8) is 0 Å². The van der Waals surface area contributed by atoms with Gasteiger partial charge in [0.25, 0.3) is 0 Å². The lowest BCUT2D eigenvalue weighted by Crippen LogP contribution is -2.57. The van der Waals surface area contributed by atoms with Crippen molar-refractivity contribution < 1.29 is 47.7 Å². The van der Waals surface area contributed by atoms with Gasteiger partial charge in [-0.25, -0.2) is 19.2 Å². The summed E-state index contributed by atoms with van der Waals surface area (Å²) in [5, 5.41) is 12.4. The molecule has 12 heteroatoms. The molecule has 0 spiro atoms. The molecule has 1 N–H and O–H groups in total. The molecule has 0 aliphatic heterocycles. The van der Waals surface area contributed by atoms with E-state index in [0.29, 0.717) is 27.3 Å². The number of rotatable bonds is 13. The summed E-state index contributed by atoms with van der Waals surface area (Å²) < 4.78 is 29.2. The number of ether oxygens (including phenoxy) is 4. The maximum atomic E-state index is 14.2. The van der Waals surface area contributed by atoms with Crippen molar-refractivity contribution in [1.29, 1.82) is 0 Å². The van der Waals surface area contributed by atoms with Gasteiger partial charge in [0.05, 0.1) is 0 Å². The van der Waals surface area contributed by atoms with Crippen LogP contribution in [0.3, 0.4) is 0 Å². The number of benzene rings is 3. The number of amides is 2. The van der Waals surface area contributed by atoms with Crippen LogP contribution in [0.4, 0.5) is 9.59 Å². The number of imide groups is 1. The van der Waals surface area contributed by atoms with Crippen LogP contribution in [-0.4, -0.2) is 65.3 Å². The van der Waals surface area contributed by atoms with Crippen molar-refractivity contribution in [2.24, 2.45) is 0 Å². The molecule has 3 rings (SSSR count). The molecule has 0 fully saturated rings. The van der Waals surface area contributed by atoms with Gasteiger partial charge in [0.15, 0.2) is 5.60 Å². The van der Waals surface area contributed by atoms with E-state index in [0.717, 1.165) is 0 Å². The van der Waals surface area contributed by atoms with E-state index in [4.69, 9.17) is 23.4 Å². The second kappa shape index (κ2) is 17.6. The van der Waals surface area contributed by atoms with E-state index in [1.54, 1.807) is 120 Å². The summed E-state index contributed by atoms with van der Waals surface area (Å²) in [6, 6.07) is 22.8. The largest absolute Gasteiger partial charge is 0.543 e. The predicted molar refractivity (Wildman–Crippen MR) is 208 cm³/mol. The van der Waals surface area contributed by atoms with E-state index in [-0.39, 0.29) is 18.3 Å². The van der Waals surface area contributed by atoms with E-state index in [1.807, 2.05) is 6.07 Å². The first-order valence-corrected chi connectivity index (χ1v) is 21.0. The highest BCUT2D eigenvalue weighted by Crippen LogP contribution is 2.39. The van der Waals surface area contributed by atoms with Crippen LogP contribution in [0, 0.1) is 0 Å². The standard InChI is InChI=1S/C42H57NO10Si/c1-39(2,3)51-37(46)43(38(47)52-40(4,5)6)33(35(44)49-28-30-20-14-12-15-21-30)27-42(48,36(45)50-29-31-22-16-13-17-23-31)26-32-24-18-19-25-34(32)53-54(10,11)41(7,8)9/h12-25,33,48H,26-29H2,1-11H3/t33-,42?/m0/s1. The van der Waals surface area contributed by atoms with Crippen molar-refractivity contribution in [2.45, 2.75) is 129 Å². The molecule has 3 aromatic carbocycles. The Morgan fingerprint density at radius 3 is 1.57 bits per heavy atom. The van der Waals surface area contributed by atoms with Gasteiger partial charge in [0.1, 0.15) is 36.2 Å². The highest BCUT2D eigenvalue weighted by atomic mass is 28.4. The lowest BCUT2D eigenvalue weighted by Gasteiger charge is -2.38. The van der Waals surface area contributed by atoms with E-state index in [1.165, 1.54) is 0 Å². The number of nitrogens with zero attached hydrogens (tertiary/aromatic N) is 1. The lowest BCUT2D eigenvalue weighted by atomic mass is 9.87. The van der Waals surface area contributed by atoms with Gasteiger partial charge in [0.2, 0.25) is 8.32 Å². The second-order valence-corrected chi connectivity index (χ2v) is 21.6. The molecule has 0 heterocycles. The van der Waals surface area contributed by atoms with Gasteiger partial charge in [-0.2, -0.15) is 4.90 Å². The SMILES string of the molecule is CC(C)(C)OC(=O)N(C(=O)OC(C)(C)C)[C@@H](CC(O)(Cc1ccccc1O[Si](C)(C)C(C)(C)C)C(=O)OCc1ccccc1)C(=O)OCc1ccccc1. The fraction of sp³-hybridized carbons (Fsp3) is 0.476. The van der Waals surface area contributed by atoms with E-state index < -0.39 is 68.1 Å². The highest BCUT2D eigenvalue weighted by Gasteiger charge is 2.50. The van der Waals surface area contributed by atoms with Gasteiger partial charge in [-0.15, -0.1) is 0 Å². The van der Waals surface area contributed by atoms with Crippen molar-refractivity contribution in [2.75, 3.05) is 0 Å². The number of carbonyl (C=O) groups is 4. The van der Waals surface area contributed by atoms with Crippen LogP contribution in [0.2, 0.25) is 18.1 Å². The summed E-state index contributed by atoms with van der Waals surface area (Å²) in [4.78, 5) is 56.8. The minimum atomic E-state index is -2.53. The third-order valence-electron chi connectivity index (χ3n) is 8.74. The molecule has 2 atom stereocenters. The molecule has 0 aromatic heterocycles. The topological polar surface area (TPSA) is 138 Å². The van der Waals surface area contributed by atoms with Crippen LogP contribution in [-0.2, 0) is 48.2 Å². The maximum absolute atomic E-state index is 14.2. The number of hydrogen-bond acceptors (Lipinski definition) is 10. The van der Waals surface area contributed by atoms with Crippen LogP contribution in [0.15, 0.2) is 84.9 Å². The molecule has 0 bridgehead atoms. The Morgan fingerprint density at radius 2 is 1.11 bits per heavy atom. The van der Waals surface area contributed by atoms with E-state index in [9.17, 15) is 24.3 Å². The number of para-hydroxylation sites is 1.